The first kappa shape index (κ1) is 13.6. The van der Waals surface area contributed by atoms with Gasteiger partial charge in [-0.15, -0.1) is 0 Å². The molecule has 110 valence electrons. The molecule has 1 N–H and O–H groups in total. The van der Waals surface area contributed by atoms with Crippen molar-refractivity contribution >= 4 is 11.6 Å². The van der Waals surface area contributed by atoms with E-state index < -0.39 is 0 Å². The molecule has 0 aromatic carbocycles. The number of nitrogens with one attached hydrogen (secondary N) is 1. The first-order valence-electron chi connectivity index (χ1n) is 7.26. The molecule has 0 aliphatic carbocycles. The minimum Gasteiger partial charge on any atom is -0.384 e. The number of rotatable bonds is 4. The minimum absolute atomic E-state index is 0.0101. The lowest BCUT2D eigenvalue weighted by Crippen LogP contribution is -2.38. The molecule has 0 saturated carbocycles. The highest BCUT2D eigenvalue weighted by Crippen LogP contribution is 2.19. The van der Waals surface area contributed by atoms with E-state index in [2.05, 4.69) is 26.8 Å². The van der Waals surface area contributed by atoms with Crippen molar-refractivity contribution in [2.24, 2.45) is 0 Å². The van der Waals surface area contributed by atoms with Gasteiger partial charge in [-0.2, -0.15) is 0 Å². The van der Waals surface area contributed by atoms with Gasteiger partial charge in [-0.1, -0.05) is 6.92 Å². The number of aromatic nitrogens is 3. The lowest BCUT2D eigenvalue weighted by atomic mass is 10.2. The van der Waals surface area contributed by atoms with Crippen LogP contribution in [0.4, 0.5) is 5.69 Å². The van der Waals surface area contributed by atoms with Crippen LogP contribution < -0.4 is 5.32 Å². The van der Waals surface area contributed by atoms with Crippen LogP contribution in [0, 0.1) is 0 Å². The highest BCUT2D eigenvalue weighted by molar-refractivity contribution is 5.99. The molecule has 0 atom stereocenters. The average Bonchev–Trinajstić information content (AvgIpc) is 3.00. The van der Waals surface area contributed by atoms with Crippen LogP contribution in [0.2, 0.25) is 0 Å². The van der Waals surface area contributed by atoms with E-state index in [1.807, 2.05) is 17.2 Å². The lowest BCUT2D eigenvalue weighted by molar-refractivity contribution is 0.0708. The second-order valence-corrected chi connectivity index (χ2v) is 5.11. The Morgan fingerprint density at radius 1 is 1.38 bits per heavy atom. The third kappa shape index (κ3) is 2.74. The lowest BCUT2D eigenvalue weighted by Gasteiger charge is -2.28. The van der Waals surface area contributed by atoms with Crippen molar-refractivity contribution < 1.29 is 4.79 Å². The highest BCUT2D eigenvalue weighted by Gasteiger charge is 2.24. The zero-order chi connectivity index (χ0) is 14.7. The smallest absolute Gasteiger partial charge is 0.257 e. The molecule has 0 bridgehead atoms. The number of carbonyl (C=O) groups is 1. The maximum atomic E-state index is 12.7. The fourth-order valence-corrected chi connectivity index (χ4v) is 2.50. The largest absolute Gasteiger partial charge is 0.384 e. The maximum absolute atomic E-state index is 12.7. The predicted octanol–water partition coefficient (Wildman–Crippen LogP) is 1.76. The van der Waals surface area contributed by atoms with E-state index in [4.69, 9.17) is 0 Å². The molecule has 1 aliphatic heterocycles. The Kier molecular flexibility index (Phi) is 3.85. The number of nitrogens with zero attached hydrogens (tertiary/aromatic N) is 4. The van der Waals surface area contributed by atoms with E-state index in [0.29, 0.717) is 18.7 Å². The molecule has 2 aromatic heterocycles. The monoisotopic (exact) mass is 285 g/mol. The van der Waals surface area contributed by atoms with Crippen LogP contribution in [0.25, 0.3) is 0 Å². The molecule has 0 radical (unpaired) electrons. The predicted molar refractivity (Wildman–Crippen MR) is 80.0 cm³/mol. The Balaban J connectivity index is 1.80. The summed E-state index contributed by atoms with van der Waals surface area (Å²) in [6, 6.07) is 1.85. The Bertz CT molecular complexity index is 636. The van der Waals surface area contributed by atoms with Crippen LogP contribution in [-0.2, 0) is 13.1 Å². The molecular weight excluding hydrogens is 266 g/mol. The quantitative estimate of drug-likeness (QED) is 0.929. The molecule has 2 aromatic rings. The number of anilines is 1. The van der Waals surface area contributed by atoms with Crippen molar-refractivity contribution in [1.29, 1.82) is 0 Å². The molecule has 0 fully saturated rings. The SMILES string of the molecule is CCCNc1ccncc1C(=O)N1CCn2ccnc2C1. The molecule has 6 heteroatoms. The Morgan fingerprint density at radius 3 is 3.14 bits per heavy atom. The molecule has 1 amide bonds. The first-order valence-corrected chi connectivity index (χ1v) is 7.26. The number of amides is 1. The first-order chi connectivity index (χ1) is 10.3. The van der Waals surface area contributed by atoms with Gasteiger partial charge in [0.05, 0.1) is 17.8 Å². The van der Waals surface area contributed by atoms with E-state index in [1.165, 1.54) is 0 Å². The fourth-order valence-electron chi connectivity index (χ4n) is 2.50. The van der Waals surface area contributed by atoms with Crippen LogP contribution in [0.1, 0.15) is 29.5 Å². The number of hydrogen-bond donors (Lipinski definition) is 1. The Morgan fingerprint density at radius 2 is 2.29 bits per heavy atom. The van der Waals surface area contributed by atoms with Crippen LogP contribution in [0.15, 0.2) is 30.9 Å². The van der Waals surface area contributed by atoms with Gasteiger partial charge in [-0.05, 0) is 12.5 Å². The summed E-state index contributed by atoms with van der Waals surface area (Å²) < 4.78 is 2.09. The molecule has 6 nitrogen and oxygen atoms in total. The number of carbonyl (C=O) groups excluding carboxylic acids is 1. The van der Waals surface area contributed by atoms with Crippen LogP contribution >= 0.6 is 0 Å². The van der Waals surface area contributed by atoms with Gasteiger partial charge in [-0.3, -0.25) is 9.78 Å². The third-order valence-electron chi connectivity index (χ3n) is 3.65. The summed E-state index contributed by atoms with van der Waals surface area (Å²) in [7, 11) is 0. The Hall–Kier alpha value is -2.37. The summed E-state index contributed by atoms with van der Waals surface area (Å²) in [5.74, 6) is 0.942. The van der Waals surface area contributed by atoms with E-state index in [9.17, 15) is 4.79 Å². The average molecular weight is 285 g/mol. The third-order valence-corrected chi connectivity index (χ3v) is 3.65. The number of imidazole rings is 1. The summed E-state index contributed by atoms with van der Waals surface area (Å²) in [6.45, 7) is 4.98. The maximum Gasteiger partial charge on any atom is 0.257 e. The zero-order valence-corrected chi connectivity index (χ0v) is 12.1. The summed E-state index contributed by atoms with van der Waals surface area (Å²) in [4.78, 5) is 22.9. The van der Waals surface area contributed by atoms with Crippen molar-refractivity contribution in [3.63, 3.8) is 0 Å². The Labute approximate surface area is 123 Å². The van der Waals surface area contributed by atoms with Crippen LogP contribution in [0.5, 0.6) is 0 Å². The van der Waals surface area contributed by atoms with Crippen molar-refractivity contribution in [1.82, 2.24) is 19.4 Å². The fraction of sp³-hybridized carbons (Fsp3) is 0.400. The summed E-state index contributed by atoms with van der Waals surface area (Å²) in [6.07, 6.45) is 8.09. The summed E-state index contributed by atoms with van der Waals surface area (Å²) in [5, 5.41) is 3.29. The molecular formula is C15H19N5O. The topological polar surface area (TPSA) is 63.1 Å². The van der Waals surface area contributed by atoms with Crippen molar-refractivity contribution in [2.45, 2.75) is 26.4 Å². The molecule has 1 aliphatic rings. The summed E-state index contributed by atoms with van der Waals surface area (Å²) in [5.41, 5.74) is 1.48. The molecule has 0 spiro atoms. The van der Waals surface area contributed by atoms with Crippen molar-refractivity contribution in [3.05, 3.63) is 42.2 Å². The van der Waals surface area contributed by atoms with Crippen molar-refractivity contribution in [3.8, 4) is 0 Å². The van der Waals surface area contributed by atoms with Gasteiger partial charge >= 0.3 is 0 Å². The van der Waals surface area contributed by atoms with E-state index in [0.717, 1.165) is 31.0 Å². The summed E-state index contributed by atoms with van der Waals surface area (Å²) >= 11 is 0. The zero-order valence-electron chi connectivity index (χ0n) is 12.1. The standard InChI is InChI=1S/C15H19N5O/c1-2-4-17-13-3-5-16-10-12(13)15(21)20-9-8-19-7-6-18-14(19)11-20/h3,5-7,10H,2,4,8-9,11H2,1H3,(H,16,17). The molecule has 0 saturated heterocycles. The highest BCUT2D eigenvalue weighted by atomic mass is 16.2. The molecule has 3 heterocycles. The van der Waals surface area contributed by atoms with Crippen LogP contribution in [0.3, 0.4) is 0 Å². The molecule has 0 unspecified atom stereocenters. The number of hydrogen-bond acceptors (Lipinski definition) is 4. The minimum atomic E-state index is 0.0101. The molecule has 21 heavy (non-hydrogen) atoms. The second kappa shape index (κ2) is 5.95. The van der Waals surface area contributed by atoms with E-state index in [1.54, 1.807) is 18.6 Å². The number of fused-ring (bicyclic) bond motifs is 1. The second-order valence-electron chi connectivity index (χ2n) is 5.11. The van der Waals surface area contributed by atoms with Gasteiger partial charge < -0.3 is 14.8 Å². The van der Waals surface area contributed by atoms with Gasteiger partial charge in [0.15, 0.2) is 0 Å². The molecule has 3 rings (SSSR count). The van der Waals surface area contributed by atoms with E-state index in [-0.39, 0.29) is 5.91 Å². The van der Waals surface area contributed by atoms with E-state index >= 15 is 0 Å². The normalized spacial score (nSPS) is 13.9. The number of pyridine rings is 1. The van der Waals surface area contributed by atoms with Gasteiger partial charge in [0, 0.05) is 44.4 Å². The van der Waals surface area contributed by atoms with Gasteiger partial charge in [0.1, 0.15) is 5.82 Å². The van der Waals surface area contributed by atoms with Gasteiger partial charge in [-0.25, -0.2) is 4.98 Å². The van der Waals surface area contributed by atoms with Gasteiger partial charge in [0.2, 0.25) is 0 Å². The van der Waals surface area contributed by atoms with Crippen LogP contribution in [-0.4, -0.2) is 38.4 Å². The van der Waals surface area contributed by atoms with Crippen molar-refractivity contribution in [2.75, 3.05) is 18.4 Å². The van der Waals surface area contributed by atoms with Gasteiger partial charge in [0.25, 0.3) is 5.91 Å².